The number of rotatable bonds is 6. The summed E-state index contributed by atoms with van der Waals surface area (Å²) in [5, 5.41) is 33.2. The van der Waals surface area contributed by atoms with E-state index in [0.29, 0.717) is 5.69 Å². The minimum absolute atomic E-state index is 0.173. The number of nitrogens with one attached hydrogen (secondary N) is 1. The van der Waals surface area contributed by atoms with Gasteiger partial charge in [-0.05, 0) is 19.1 Å². The lowest BCUT2D eigenvalue weighted by atomic mass is 9.97. The van der Waals surface area contributed by atoms with Gasteiger partial charge in [0.1, 0.15) is 49.1 Å². The molecule has 0 unspecified atom stereocenters. The van der Waals surface area contributed by atoms with Crippen molar-refractivity contribution in [2.75, 3.05) is 6.61 Å². The summed E-state index contributed by atoms with van der Waals surface area (Å²) in [6.45, 7) is 0.467. The van der Waals surface area contributed by atoms with Crippen LogP contribution in [0.4, 0.5) is 4.79 Å². The molecule has 0 aromatic carbocycles. The number of carbonyl (C=O) groups excluding carboxylic acids is 1. The normalized spacial score (nSPS) is 26.8. The molecule has 0 spiro atoms. The molecule has 1 saturated heterocycles. The fraction of sp³-hybridized carbons (Fsp3) is 0.500. The summed E-state index contributed by atoms with van der Waals surface area (Å²) < 4.78 is 32.6. The van der Waals surface area contributed by atoms with Crippen LogP contribution in [0.5, 0.6) is 0 Å². The van der Waals surface area contributed by atoms with E-state index >= 15 is 0 Å². The highest BCUT2D eigenvalue weighted by atomic mass is 127. The van der Waals surface area contributed by atoms with Gasteiger partial charge >= 0.3 is 14.0 Å². The summed E-state index contributed by atoms with van der Waals surface area (Å²) in [5.41, 5.74) is -1.08. The predicted molar refractivity (Wildman–Crippen MR) is 103 cm³/mol. The summed E-state index contributed by atoms with van der Waals surface area (Å²) in [4.78, 5) is 28.8. The highest BCUT2D eigenvalue weighted by molar-refractivity contribution is 14.1. The van der Waals surface area contributed by atoms with Gasteiger partial charge in [-0.3, -0.25) is 14.5 Å². The third kappa shape index (κ3) is 4.52. The van der Waals surface area contributed by atoms with Crippen molar-refractivity contribution in [2.24, 2.45) is 0 Å². The molecule has 3 heterocycles. The molecule has 2 aromatic rings. The second kappa shape index (κ2) is 8.51. The van der Waals surface area contributed by atoms with Crippen LogP contribution in [0.15, 0.2) is 18.5 Å². The molecule has 1 fully saturated rings. The van der Waals surface area contributed by atoms with Crippen molar-refractivity contribution in [3.8, 4) is 0 Å². The number of nitrogens with zero attached hydrogens (tertiary/aromatic N) is 3. The van der Waals surface area contributed by atoms with E-state index in [-0.39, 0.29) is 17.6 Å². The molecule has 5 N–H and O–H groups in total. The van der Waals surface area contributed by atoms with E-state index in [2.05, 4.69) is 12.7 Å². The lowest BCUT2D eigenvalue weighted by Gasteiger charge is -2.26. The second-order valence-corrected chi connectivity index (χ2v) is 8.34. The summed E-state index contributed by atoms with van der Waals surface area (Å²) >= 11 is 1.34. The Kier molecular flexibility index (Phi) is 6.54. The van der Waals surface area contributed by atoms with Gasteiger partial charge in [-0.2, -0.15) is 5.10 Å². The molecule has 4 atom stereocenters. The Bertz CT molecular complexity index is 1050. The molecule has 1 aliphatic heterocycles. The van der Waals surface area contributed by atoms with Gasteiger partial charge < -0.3 is 32.5 Å². The van der Waals surface area contributed by atoms with Crippen molar-refractivity contribution in [1.29, 1.82) is 5.41 Å². The summed E-state index contributed by atoms with van der Waals surface area (Å²) in [7, 11) is -4.73. The Hall–Kier alpha value is -1.59. The van der Waals surface area contributed by atoms with Crippen LogP contribution in [-0.4, -0.2) is 64.8 Å². The number of hydrogen-bond donors (Lipinski definition) is 5. The van der Waals surface area contributed by atoms with E-state index in [1.54, 1.807) is 0 Å². The molecule has 3 rings (SSSR count). The number of hydrogen-bond acceptors (Lipinski definition) is 10. The number of aliphatic hydroxyl groups excluding tert-OH is 2. The zero-order valence-corrected chi connectivity index (χ0v) is 18.3. The fourth-order valence-electron chi connectivity index (χ4n) is 3.06. The third-order valence-corrected chi connectivity index (χ3v) is 5.38. The third-order valence-electron chi connectivity index (χ3n) is 4.57. The lowest BCUT2D eigenvalue weighted by molar-refractivity contribution is -0.105. The Labute approximate surface area is 182 Å². The zero-order valence-electron chi connectivity index (χ0n) is 15.3. The molecular weight excluding hydrogens is 542 g/mol. The van der Waals surface area contributed by atoms with E-state index in [1.165, 1.54) is 46.6 Å². The van der Waals surface area contributed by atoms with Gasteiger partial charge in [0.15, 0.2) is 28.5 Å². The largest absolute Gasteiger partial charge is 0.518 e. The second-order valence-electron chi connectivity index (χ2n) is 6.66. The number of phosphoric acid groups is 1. The fourth-order valence-corrected chi connectivity index (χ4v) is 3.46. The van der Waals surface area contributed by atoms with E-state index in [1.807, 2.05) is 0 Å². The van der Waals surface area contributed by atoms with Crippen LogP contribution < -0.4 is 5.49 Å². The van der Waals surface area contributed by atoms with Crippen molar-refractivity contribution in [2.45, 2.75) is 37.6 Å². The van der Waals surface area contributed by atoms with Crippen LogP contribution in [0.1, 0.15) is 18.7 Å². The Morgan fingerprint density at radius 2 is 2.13 bits per heavy atom. The molecular formula is C14H18IN4O10P. The van der Waals surface area contributed by atoms with Crippen molar-refractivity contribution in [3.63, 3.8) is 0 Å². The predicted octanol–water partition coefficient (Wildman–Crippen LogP) is -0.263. The van der Waals surface area contributed by atoms with E-state index < -0.39 is 44.6 Å². The van der Waals surface area contributed by atoms with E-state index in [0.717, 1.165) is 10.9 Å². The van der Waals surface area contributed by atoms with Crippen LogP contribution in [-0.2, 0) is 28.4 Å². The highest BCUT2D eigenvalue weighted by Crippen LogP contribution is 2.40. The topological polar surface area (TPSA) is 198 Å². The zero-order chi connectivity index (χ0) is 22.3. The Morgan fingerprint density at radius 3 is 2.77 bits per heavy atom. The van der Waals surface area contributed by atoms with Gasteiger partial charge in [0.25, 0.3) is 0 Å². The number of aromatic nitrogens is 3. The molecule has 0 bridgehead atoms. The van der Waals surface area contributed by atoms with Gasteiger partial charge in [0.05, 0.1) is 5.69 Å². The number of phosphoric ester groups is 1. The molecule has 0 amide bonds. The van der Waals surface area contributed by atoms with Gasteiger partial charge in [0, 0.05) is 0 Å². The molecule has 0 radical (unpaired) electrons. The van der Waals surface area contributed by atoms with Crippen LogP contribution in [0.3, 0.4) is 0 Å². The van der Waals surface area contributed by atoms with Crippen LogP contribution in [0, 0.1) is 5.41 Å². The minimum Gasteiger partial charge on any atom is -0.431 e. The lowest BCUT2D eigenvalue weighted by Crippen LogP contribution is -2.44. The van der Waals surface area contributed by atoms with Crippen molar-refractivity contribution >= 4 is 42.5 Å². The number of ether oxygens (including phenoxy) is 2. The number of halogens is 1. The summed E-state index contributed by atoms with van der Waals surface area (Å²) in [5.74, 6) is 0. The number of carbonyl (C=O) groups is 1. The first-order chi connectivity index (χ1) is 14.0. The first-order valence-corrected chi connectivity index (χ1v) is 10.7. The smallest absolute Gasteiger partial charge is 0.431 e. The molecule has 166 valence electrons. The monoisotopic (exact) mass is 560 g/mol. The maximum Gasteiger partial charge on any atom is 0.518 e. The average molecular weight is 560 g/mol. The average Bonchev–Trinajstić information content (AvgIpc) is 3.20. The van der Waals surface area contributed by atoms with Crippen molar-refractivity contribution in [1.82, 2.24) is 14.2 Å². The molecule has 2 aromatic heterocycles. The summed E-state index contributed by atoms with van der Waals surface area (Å²) in [6, 6.07) is 3.00. The van der Waals surface area contributed by atoms with Gasteiger partial charge in [-0.1, -0.05) is 0 Å². The van der Waals surface area contributed by atoms with Crippen LogP contribution in [0.25, 0.3) is 5.52 Å². The quantitative estimate of drug-likeness (QED) is 0.177. The molecule has 0 aliphatic carbocycles. The SMILES string of the molecule is C[C@]1(COC(=O)OI)O[C@@H](c2ccc3c(=N)n(COP(=O)(O)O)cnn23)[C@H](O)[C@@H]1O. The highest BCUT2D eigenvalue weighted by Gasteiger charge is 2.53. The van der Waals surface area contributed by atoms with Crippen molar-refractivity contribution < 1.29 is 46.4 Å². The van der Waals surface area contributed by atoms with Crippen LogP contribution >= 0.6 is 30.8 Å². The van der Waals surface area contributed by atoms with Gasteiger partial charge in [0.2, 0.25) is 0 Å². The van der Waals surface area contributed by atoms with Gasteiger partial charge in [-0.15, -0.1) is 0 Å². The maximum atomic E-state index is 11.2. The molecule has 16 heteroatoms. The first kappa shape index (κ1) is 23.1. The van der Waals surface area contributed by atoms with E-state index in [9.17, 15) is 19.6 Å². The van der Waals surface area contributed by atoms with E-state index in [4.69, 9.17) is 24.7 Å². The molecule has 0 saturated carbocycles. The molecule has 1 aliphatic rings. The molecule has 30 heavy (non-hydrogen) atoms. The maximum absolute atomic E-state index is 11.2. The Balaban J connectivity index is 1.88. The number of fused-ring (bicyclic) bond motifs is 1. The molecule has 14 nitrogen and oxygen atoms in total. The Morgan fingerprint density at radius 1 is 1.43 bits per heavy atom. The van der Waals surface area contributed by atoms with Crippen LogP contribution in [0.2, 0.25) is 0 Å². The first-order valence-electron chi connectivity index (χ1n) is 8.28. The number of aliphatic hydroxyl groups is 2. The minimum atomic E-state index is -4.73. The standard InChI is InChI=1S/C14H18IN4O10P/c1-14(4-26-13(22)29-15)11(21)9(20)10(28-14)7-2-3-8-12(16)18(5-17-19(7)8)6-27-30(23,24)25/h2-3,5,9-11,16,20-21H,4,6H2,1H3,(H2,23,24,25)/t9-,10-,11-,14+/m0/s1. The van der Waals surface area contributed by atoms with Crippen molar-refractivity contribution in [3.05, 3.63) is 29.6 Å². The summed E-state index contributed by atoms with van der Waals surface area (Å²) in [6.07, 6.45) is -3.74. The van der Waals surface area contributed by atoms with Gasteiger partial charge in [-0.25, -0.2) is 13.9 Å².